The van der Waals surface area contributed by atoms with Gasteiger partial charge in [0.1, 0.15) is 0 Å². The Kier molecular flexibility index (Phi) is 6.11. The first-order valence-corrected chi connectivity index (χ1v) is 11.2. The van der Waals surface area contributed by atoms with Crippen LogP contribution in [0.25, 0.3) is 5.69 Å². The number of nitrogens with zero attached hydrogens (tertiary/aromatic N) is 4. The molecular formula is C23H28N4OS. The number of hydrogen-bond acceptors (Lipinski definition) is 4. The molecule has 0 N–H and O–H groups in total. The molecule has 0 unspecified atom stereocenters. The lowest BCUT2D eigenvalue weighted by Crippen LogP contribution is -2.48. The number of benzene rings is 1. The van der Waals surface area contributed by atoms with Gasteiger partial charge in [-0.2, -0.15) is 0 Å². The molecule has 1 saturated heterocycles. The third-order valence-electron chi connectivity index (χ3n) is 5.34. The van der Waals surface area contributed by atoms with Crippen molar-refractivity contribution >= 4 is 23.1 Å². The average molecular weight is 409 g/mol. The van der Waals surface area contributed by atoms with Gasteiger partial charge in [0.15, 0.2) is 5.82 Å². The van der Waals surface area contributed by atoms with Crippen LogP contribution in [0.4, 0.5) is 5.82 Å². The van der Waals surface area contributed by atoms with Gasteiger partial charge in [-0.1, -0.05) is 38.1 Å². The lowest BCUT2D eigenvalue weighted by molar-refractivity contribution is 0.0960. The summed E-state index contributed by atoms with van der Waals surface area (Å²) in [4.78, 5) is 18.6. The summed E-state index contributed by atoms with van der Waals surface area (Å²) in [6.07, 6.45) is 3.89. The Morgan fingerprint density at radius 2 is 1.90 bits per heavy atom. The van der Waals surface area contributed by atoms with E-state index in [0.717, 1.165) is 48.9 Å². The Morgan fingerprint density at radius 3 is 2.55 bits per heavy atom. The van der Waals surface area contributed by atoms with Gasteiger partial charge >= 0.3 is 0 Å². The van der Waals surface area contributed by atoms with Crippen LogP contribution in [0, 0.1) is 5.92 Å². The molecule has 3 aromatic rings. The van der Waals surface area contributed by atoms with Crippen molar-refractivity contribution in [3.8, 4) is 5.69 Å². The largest absolute Gasteiger partial charge is 0.303 e. The zero-order valence-electron chi connectivity index (χ0n) is 17.1. The van der Waals surface area contributed by atoms with E-state index in [2.05, 4.69) is 18.7 Å². The molecule has 0 atom stereocenters. The maximum atomic E-state index is 13.4. The van der Waals surface area contributed by atoms with Gasteiger partial charge in [0.05, 0.1) is 10.6 Å². The van der Waals surface area contributed by atoms with Gasteiger partial charge in [-0.05, 0) is 42.3 Å². The quantitative estimate of drug-likeness (QED) is 0.594. The molecule has 1 aliphatic heterocycles. The topological polar surface area (TPSA) is 41.4 Å². The maximum Gasteiger partial charge on any atom is 0.269 e. The van der Waals surface area contributed by atoms with E-state index in [-0.39, 0.29) is 11.9 Å². The van der Waals surface area contributed by atoms with Crippen molar-refractivity contribution in [1.29, 1.82) is 0 Å². The first-order chi connectivity index (χ1) is 14.1. The SMILES string of the molecule is CC(C)CN1CCC(N(C(=O)c2cccs2)c2ccn(-c3ccccc3)n2)CC1. The fourth-order valence-electron chi connectivity index (χ4n) is 4.02. The molecule has 0 saturated carbocycles. The molecule has 152 valence electrons. The van der Waals surface area contributed by atoms with Gasteiger partial charge in [0.25, 0.3) is 5.91 Å². The minimum atomic E-state index is 0.0561. The Bertz CT molecular complexity index is 912. The number of carbonyl (C=O) groups is 1. The standard InChI is InChI=1S/C23H28N4OS/c1-18(2)17-25-13-10-20(11-14-25)27(23(28)21-9-6-16-29-21)22-12-15-26(24-22)19-7-4-3-5-8-19/h3-9,12,15-16,18,20H,10-11,13-14,17H2,1-2H3. The Morgan fingerprint density at radius 1 is 1.14 bits per heavy atom. The summed E-state index contributed by atoms with van der Waals surface area (Å²) in [6.45, 7) is 7.69. The second-order valence-electron chi connectivity index (χ2n) is 8.03. The Labute approximate surface area is 176 Å². The summed E-state index contributed by atoms with van der Waals surface area (Å²) in [6, 6.07) is 16.0. The average Bonchev–Trinajstić information content (AvgIpc) is 3.42. The normalized spacial score (nSPS) is 15.7. The highest BCUT2D eigenvalue weighted by Gasteiger charge is 2.31. The third kappa shape index (κ3) is 4.60. The Hall–Kier alpha value is -2.44. The second kappa shape index (κ2) is 8.93. The number of likely N-dealkylation sites (tertiary alicyclic amines) is 1. The van der Waals surface area contributed by atoms with Crippen molar-refractivity contribution < 1.29 is 4.79 Å². The highest BCUT2D eigenvalue weighted by atomic mass is 32.1. The summed E-state index contributed by atoms with van der Waals surface area (Å²) < 4.78 is 1.85. The van der Waals surface area contributed by atoms with E-state index in [1.807, 2.05) is 69.7 Å². The summed E-state index contributed by atoms with van der Waals surface area (Å²) in [7, 11) is 0. The van der Waals surface area contributed by atoms with E-state index in [1.165, 1.54) is 11.3 Å². The number of amides is 1. The number of piperidine rings is 1. The molecule has 29 heavy (non-hydrogen) atoms. The monoisotopic (exact) mass is 408 g/mol. The van der Waals surface area contributed by atoms with E-state index in [0.29, 0.717) is 5.92 Å². The fourth-order valence-corrected chi connectivity index (χ4v) is 4.68. The third-order valence-corrected chi connectivity index (χ3v) is 6.20. The molecule has 6 heteroatoms. The summed E-state index contributed by atoms with van der Waals surface area (Å²) >= 11 is 1.49. The van der Waals surface area contributed by atoms with Crippen LogP contribution in [-0.2, 0) is 0 Å². The van der Waals surface area contributed by atoms with Crippen LogP contribution < -0.4 is 4.90 Å². The predicted molar refractivity (Wildman–Crippen MR) is 119 cm³/mol. The van der Waals surface area contributed by atoms with Gasteiger partial charge < -0.3 is 4.90 Å². The lowest BCUT2D eigenvalue weighted by Gasteiger charge is -2.38. The molecule has 4 rings (SSSR count). The summed E-state index contributed by atoms with van der Waals surface area (Å²) in [5.74, 6) is 1.45. The number of aromatic nitrogens is 2. The number of carbonyl (C=O) groups excluding carboxylic acids is 1. The Balaban J connectivity index is 1.59. The van der Waals surface area contributed by atoms with E-state index < -0.39 is 0 Å². The zero-order chi connectivity index (χ0) is 20.2. The van der Waals surface area contributed by atoms with Crippen molar-refractivity contribution in [2.75, 3.05) is 24.5 Å². The highest BCUT2D eigenvalue weighted by molar-refractivity contribution is 7.12. The molecule has 0 spiro atoms. The minimum Gasteiger partial charge on any atom is -0.303 e. The zero-order valence-corrected chi connectivity index (χ0v) is 17.9. The molecular weight excluding hydrogens is 380 g/mol. The van der Waals surface area contributed by atoms with E-state index in [9.17, 15) is 4.79 Å². The molecule has 0 radical (unpaired) electrons. The predicted octanol–water partition coefficient (Wildman–Crippen LogP) is 4.70. The van der Waals surface area contributed by atoms with Crippen molar-refractivity contribution in [1.82, 2.24) is 14.7 Å². The van der Waals surface area contributed by atoms with Crippen LogP contribution >= 0.6 is 11.3 Å². The van der Waals surface area contributed by atoms with Gasteiger partial charge in [-0.15, -0.1) is 16.4 Å². The highest BCUT2D eigenvalue weighted by Crippen LogP contribution is 2.27. The number of thiophene rings is 1. The van der Waals surface area contributed by atoms with Crippen LogP contribution in [0.3, 0.4) is 0 Å². The van der Waals surface area contributed by atoms with Crippen LogP contribution in [0.5, 0.6) is 0 Å². The van der Waals surface area contributed by atoms with Crippen molar-refractivity contribution in [3.63, 3.8) is 0 Å². The minimum absolute atomic E-state index is 0.0561. The fraction of sp³-hybridized carbons (Fsp3) is 0.391. The van der Waals surface area contributed by atoms with E-state index in [4.69, 9.17) is 5.10 Å². The van der Waals surface area contributed by atoms with E-state index in [1.54, 1.807) is 0 Å². The van der Waals surface area contributed by atoms with Crippen LogP contribution in [0.15, 0.2) is 60.1 Å². The molecule has 1 aromatic carbocycles. The second-order valence-corrected chi connectivity index (χ2v) is 8.98. The van der Waals surface area contributed by atoms with Crippen molar-refractivity contribution in [3.05, 3.63) is 65.0 Å². The van der Waals surface area contributed by atoms with E-state index >= 15 is 0 Å². The van der Waals surface area contributed by atoms with Crippen LogP contribution in [0.2, 0.25) is 0 Å². The van der Waals surface area contributed by atoms with Gasteiger partial charge in [0, 0.05) is 37.9 Å². The number of rotatable bonds is 6. The molecule has 5 nitrogen and oxygen atoms in total. The molecule has 1 fully saturated rings. The molecule has 1 amide bonds. The van der Waals surface area contributed by atoms with Gasteiger partial charge in [-0.3, -0.25) is 9.69 Å². The lowest BCUT2D eigenvalue weighted by atomic mass is 10.0. The van der Waals surface area contributed by atoms with Crippen LogP contribution in [-0.4, -0.2) is 46.3 Å². The smallest absolute Gasteiger partial charge is 0.269 e. The van der Waals surface area contributed by atoms with Gasteiger partial charge in [-0.25, -0.2) is 4.68 Å². The first-order valence-electron chi connectivity index (χ1n) is 10.3. The molecule has 1 aliphatic rings. The molecule has 2 aromatic heterocycles. The van der Waals surface area contributed by atoms with Crippen molar-refractivity contribution in [2.24, 2.45) is 5.92 Å². The van der Waals surface area contributed by atoms with Gasteiger partial charge in [0.2, 0.25) is 0 Å². The number of para-hydroxylation sites is 1. The molecule has 0 aliphatic carbocycles. The molecule has 3 heterocycles. The number of hydrogen-bond donors (Lipinski definition) is 0. The summed E-state index contributed by atoms with van der Waals surface area (Å²) in [5.41, 5.74) is 0.994. The maximum absolute atomic E-state index is 13.4. The summed E-state index contributed by atoms with van der Waals surface area (Å²) in [5, 5.41) is 6.72. The van der Waals surface area contributed by atoms with Crippen LogP contribution in [0.1, 0.15) is 36.4 Å². The molecule has 0 bridgehead atoms. The first kappa shape index (κ1) is 19.9. The number of anilines is 1. The van der Waals surface area contributed by atoms with Crippen molar-refractivity contribution in [2.45, 2.75) is 32.7 Å².